The van der Waals surface area contributed by atoms with Gasteiger partial charge in [-0.05, 0) is 0 Å². The molecule has 1 N–H and O–H groups in total. The van der Waals surface area contributed by atoms with Crippen molar-refractivity contribution in [2.75, 3.05) is 106 Å². The maximum absolute atomic E-state index is 10.2. The van der Waals surface area contributed by atoms with E-state index in [1.54, 1.807) is 7.11 Å². The molecule has 0 radical (unpaired) electrons. The molecule has 0 aliphatic carbocycles. The summed E-state index contributed by atoms with van der Waals surface area (Å²) in [6.45, 7) is 6.44. The first kappa shape index (κ1) is 26.1. The van der Waals surface area contributed by atoms with Crippen molar-refractivity contribution in [3.63, 3.8) is 0 Å². The van der Waals surface area contributed by atoms with Crippen LogP contribution < -0.4 is 0 Å². The van der Waals surface area contributed by atoms with Gasteiger partial charge in [0.25, 0.3) is 0 Å². The minimum absolute atomic E-state index is 0.253. The van der Waals surface area contributed by atoms with Gasteiger partial charge in [0, 0.05) is 7.11 Å². The molecule has 0 atom stereocenters. The first-order valence-corrected chi connectivity index (χ1v) is 9.02. The van der Waals surface area contributed by atoms with Gasteiger partial charge in [-0.25, -0.2) is 4.79 Å². The third kappa shape index (κ3) is 25.2. The van der Waals surface area contributed by atoms with Gasteiger partial charge in [0.2, 0.25) is 0 Å². The zero-order valence-electron chi connectivity index (χ0n) is 16.2. The SMILES string of the molecule is COCCOCCOCCOCCOCCOCCOCCOCC(=O)O. The lowest BCUT2D eigenvalue weighted by atomic mass is 10.6. The normalized spacial score (nSPS) is 11.1. The van der Waals surface area contributed by atoms with Crippen molar-refractivity contribution in [3.8, 4) is 0 Å². The van der Waals surface area contributed by atoms with Crippen LogP contribution >= 0.6 is 0 Å². The van der Waals surface area contributed by atoms with E-state index in [0.717, 1.165) is 0 Å². The molecule has 0 unspecified atom stereocenters. The zero-order chi connectivity index (χ0) is 19.8. The molecule has 0 spiro atoms. The van der Waals surface area contributed by atoms with E-state index in [-0.39, 0.29) is 13.2 Å². The highest BCUT2D eigenvalue weighted by Crippen LogP contribution is 1.85. The number of hydrogen-bond acceptors (Lipinski definition) is 9. The molecule has 162 valence electrons. The van der Waals surface area contributed by atoms with E-state index < -0.39 is 5.97 Å². The van der Waals surface area contributed by atoms with Gasteiger partial charge in [0.05, 0.1) is 92.5 Å². The summed E-state index contributed by atoms with van der Waals surface area (Å²) in [5.74, 6) is -0.989. The first-order valence-electron chi connectivity index (χ1n) is 9.02. The summed E-state index contributed by atoms with van der Waals surface area (Å²) >= 11 is 0. The highest BCUT2D eigenvalue weighted by molar-refractivity contribution is 5.67. The molecule has 0 aromatic heterocycles. The van der Waals surface area contributed by atoms with Crippen LogP contribution in [-0.4, -0.2) is 117 Å². The van der Waals surface area contributed by atoms with Crippen LogP contribution in [0.15, 0.2) is 0 Å². The summed E-state index contributed by atoms with van der Waals surface area (Å²) in [7, 11) is 1.64. The van der Waals surface area contributed by atoms with Crippen LogP contribution in [0.1, 0.15) is 0 Å². The predicted octanol–water partition coefficient (Wildman–Crippen LogP) is -0.166. The maximum Gasteiger partial charge on any atom is 0.329 e. The number of carboxylic acid groups (broad SMARTS) is 1. The molecule has 0 fully saturated rings. The van der Waals surface area contributed by atoms with E-state index in [1.165, 1.54) is 0 Å². The molecule has 10 heteroatoms. The second kappa shape index (κ2) is 23.2. The van der Waals surface area contributed by atoms with E-state index in [1.807, 2.05) is 0 Å². The van der Waals surface area contributed by atoms with Gasteiger partial charge in [0.1, 0.15) is 6.61 Å². The van der Waals surface area contributed by atoms with Crippen molar-refractivity contribution < 1.29 is 47.8 Å². The van der Waals surface area contributed by atoms with Crippen molar-refractivity contribution in [2.24, 2.45) is 0 Å². The average Bonchev–Trinajstić information content (AvgIpc) is 2.65. The van der Waals surface area contributed by atoms with Crippen LogP contribution in [0.3, 0.4) is 0 Å². The van der Waals surface area contributed by atoms with Gasteiger partial charge in [-0.1, -0.05) is 0 Å². The Morgan fingerprint density at radius 3 is 1.04 bits per heavy atom. The lowest BCUT2D eigenvalue weighted by Gasteiger charge is -2.08. The molecule has 10 nitrogen and oxygen atoms in total. The molecule has 0 bridgehead atoms. The molecule has 27 heavy (non-hydrogen) atoms. The van der Waals surface area contributed by atoms with Crippen molar-refractivity contribution in [3.05, 3.63) is 0 Å². The molecule has 0 aromatic rings. The molecule has 0 rings (SSSR count). The van der Waals surface area contributed by atoms with Crippen LogP contribution in [0.4, 0.5) is 0 Å². The van der Waals surface area contributed by atoms with Gasteiger partial charge < -0.3 is 43.0 Å². The lowest BCUT2D eigenvalue weighted by Crippen LogP contribution is -2.15. The lowest BCUT2D eigenvalue weighted by molar-refractivity contribution is -0.142. The van der Waals surface area contributed by atoms with Crippen molar-refractivity contribution in [2.45, 2.75) is 0 Å². The quantitative estimate of drug-likeness (QED) is 0.233. The van der Waals surface area contributed by atoms with Gasteiger partial charge in [-0.2, -0.15) is 0 Å². The van der Waals surface area contributed by atoms with E-state index in [2.05, 4.69) is 0 Å². The Morgan fingerprint density at radius 2 is 0.778 bits per heavy atom. The number of methoxy groups -OCH3 is 1. The Bertz CT molecular complexity index is 303. The van der Waals surface area contributed by atoms with Crippen LogP contribution in [0.25, 0.3) is 0 Å². The molecule has 0 saturated heterocycles. The smallest absolute Gasteiger partial charge is 0.329 e. The van der Waals surface area contributed by atoms with Crippen molar-refractivity contribution >= 4 is 5.97 Å². The highest BCUT2D eigenvalue weighted by atomic mass is 16.6. The summed E-state index contributed by atoms with van der Waals surface area (Å²) in [6.07, 6.45) is 0. The largest absolute Gasteiger partial charge is 0.480 e. The molecule has 0 heterocycles. The van der Waals surface area contributed by atoms with Crippen LogP contribution in [-0.2, 0) is 42.7 Å². The zero-order valence-corrected chi connectivity index (χ0v) is 16.2. The Hall–Kier alpha value is -0.850. The highest BCUT2D eigenvalue weighted by Gasteiger charge is 1.96. The summed E-state index contributed by atoms with van der Waals surface area (Å²) < 4.78 is 41.5. The third-order valence-electron chi connectivity index (χ3n) is 2.89. The van der Waals surface area contributed by atoms with E-state index in [0.29, 0.717) is 85.9 Å². The van der Waals surface area contributed by atoms with E-state index in [4.69, 9.17) is 43.0 Å². The summed E-state index contributed by atoms with van der Waals surface area (Å²) in [4.78, 5) is 10.2. The Morgan fingerprint density at radius 1 is 0.519 bits per heavy atom. The molecule has 0 aliphatic heterocycles. The predicted molar refractivity (Wildman–Crippen MR) is 95.2 cm³/mol. The fourth-order valence-corrected chi connectivity index (χ4v) is 1.62. The van der Waals surface area contributed by atoms with Gasteiger partial charge in [-0.3, -0.25) is 0 Å². The third-order valence-corrected chi connectivity index (χ3v) is 2.89. The number of carboxylic acids is 1. The van der Waals surface area contributed by atoms with Crippen LogP contribution in [0.2, 0.25) is 0 Å². The van der Waals surface area contributed by atoms with Crippen molar-refractivity contribution in [1.29, 1.82) is 0 Å². The molecular weight excluding hydrogens is 364 g/mol. The van der Waals surface area contributed by atoms with Gasteiger partial charge in [-0.15, -0.1) is 0 Å². The molecule has 0 aromatic carbocycles. The molecular formula is C17H34O10. The summed E-state index contributed by atoms with van der Waals surface area (Å²) in [5, 5.41) is 8.36. The Balaban J connectivity index is 2.98. The number of carbonyl (C=O) groups is 1. The molecule has 0 aliphatic rings. The first-order chi connectivity index (χ1) is 13.3. The molecule has 0 saturated carbocycles. The average molecular weight is 398 g/mol. The second-order valence-electron chi connectivity index (χ2n) is 5.11. The Kier molecular flexibility index (Phi) is 22.5. The summed E-state index contributed by atoms with van der Waals surface area (Å²) in [6, 6.07) is 0. The summed E-state index contributed by atoms with van der Waals surface area (Å²) in [5.41, 5.74) is 0. The topological polar surface area (TPSA) is 111 Å². The second-order valence-corrected chi connectivity index (χ2v) is 5.11. The standard InChI is InChI=1S/C17H34O10/c1-20-2-3-21-4-5-22-6-7-23-8-9-24-10-11-25-12-13-26-14-15-27-16-17(18)19/h2-16H2,1H3,(H,18,19). The number of rotatable bonds is 23. The fourth-order valence-electron chi connectivity index (χ4n) is 1.62. The Labute approximate surface area is 160 Å². The van der Waals surface area contributed by atoms with Crippen LogP contribution in [0, 0.1) is 0 Å². The fraction of sp³-hybridized carbons (Fsp3) is 0.941. The van der Waals surface area contributed by atoms with E-state index >= 15 is 0 Å². The minimum Gasteiger partial charge on any atom is -0.480 e. The van der Waals surface area contributed by atoms with Gasteiger partial charge >= 0.3 is 5.97 Å². The maximum atomic E-state index is 10.2. The number of hydrogen-bond donors (Lipinski definition) is 1. The monoisotopic (exact) mass is 398 g/mol. The molecule has 0 amide bonds. The van der Waals surface area contributed by atoms with E-state index in [9.17, 15) is 4.79 Å². The number of aliphatic carboxylic acids is 1. The van der Waals surface area contributed by atoms with Gasteiger partial charge in [0.15, 0.2) is 0 Å². The number of ether oxygens (including phenoxy) is 8. The van der Waals surface area contributed by atoms with Crippen molar-refractivity contribution in [1.82, 2.24) is 0 Å². The minimum atomic E-state index is -0.989. The van der Waals surface area contributed by atoms with Crippen LogP contribution in [0.5, 0.6) is 0 Å².